The highest BCUT2D eigenvalue weighted by Crippen LogP contribution is 2.26. The number of halogens is 2. The van der Waals surface area contributed by atoms with Gasteiger partial charge in [0.2, 0.25) is 0 Å². The van der Waals surface area contributed by atoms with Gasteiger partial charge in [0, 0.05) is 7.11 Å². The van der Waals surface area contributed by atoms with Gasteiger partial charge in [-0.3, -0.25) is 0 Å². The van der Waals surface area contributed by atoms with Gasteiger partial charge in [-0.25, -0.2) is 0 Å². The Bertz CT molecular complexity index is 38.5. The average molecular weight is 312 g/mol. The molecule has 0 radical (unpaired) electrons. The van der Waals surface area contributed by atoms with Gasteiger partial charge in [-0.05, 0) is 52.1 Å². The summed E-state index contributed by atoms with van der Waals surface area (Å²) in [5, 5.41) is 0. The third-order valence-corrected chi connectivity index (χ3v) is 1.24. The minimum absolute atomic E-state index is 0.0183. The summed E-state index contributed by atoms with van der Waals surface area (Å²) in [6, 6.07) is 0. The highest BCUT2D eigenvalue weighted by atomic mass is 127. The first-order chi connectivity index (χ1) is 2.56. The molecule has 0 atom stereocenters. The van der Waals surface area contributed by atoms with Crippen LogP contribution in [0.2, 0.25) is 0 Å². The summed E-state index contributed by atoms with van der Waals surface area (Å²) in [6.45, 7) is 1.99. The Hall–Kier alpha value is 1.42. The second kappa shape index (κ2) is 2.66. The topological polar surface area (TPSA) is 9.23 Å². The van der Waals surface area contributed by atoms with E-state index in [4.69, 9.17) is 4.74 Å². The zero-order valence-corrected chi connectivity index (χ0v) is 7.98. The fourth-order valence-electron chi connectivity index (χ4n) is 0. The zero-order valence-electron chi connectivity index (χ0n) is 3.66. The molecule has 0 aromatic heterocycles. The predicted octanol–water partition coefficient (Wildman–Crippen LogP) is 2.18. The van der Waals surface area contributed by atoms with E-state index in [2.05, 4.69) is 45.2 Å². The lowest BCUT2D eigenvalue weighted by Gasteiger charge is -2.09. The molecule has 0 aromatic carbocycles. The van der Waals surface area contributed by atoms with Gasteiger partial charge in [-0.15, -0.1) is 0 Å². The van der Waals surface area contributed by atoms with Crippen molar-refractivity contribution in [2.24, 2.45) is 0 Å². The van der Waals surface area contributed by atoms with Gasteiger partial charge in [0.05, 0.1) is 0 Å². The SMILES string of the molecule is COC(C)(I)I. The van der Waals surface area contributed by atoms with Gasteiger partial charge >= 0.3 is 0 Å². The summed E-state index contributed by atoms with van der Waals surface area (Å²) in [6.07, 6.45) is 0. The van der Waals surface area contributed by atoms with Crippen molar-refractivity contribution < 1.29 is 4.74 Å². The van der Waals surface area contributed by atoms with Crippen LogP contribution in [0.3, 0.4) is 0 Å². The van der Waals surface area contributed by atoms with E-state index >= 15 is 0 Å². The van der Waals surface area contributed by atoms with Crippen LogP contribution in [0.1, 0.15) is 6.92 Å². The molecule has 6 heavy (non-hydrogen) atoms. The van der Waals surface area contributed by atoms with Crippen molar-refractivity contribution in [1.29, 1.82) is 0 Å². The third kappa shape index (κ3) is 5.42. The van der Waals surface area contributed by atoms with E-state index < -0.39 is 0 Å². The van der Waals surface area contributed by atoms with Crippen molar-refractivity contribution >= 4 is 45.2 Å². The molecule has 0 amide bonds. The molecule has 0 N–H and O–H groups in total. The van der Waals surface area contributed by atoms with Crippen molar-refractivity contribution in [3.63, 3.8) is 0 Å². The number of ether oxygens (including phenoxy) is 1. The van der Waals surface area contributed by atoms with Gasteiger partial charge in [-0.2, -0.15) is 0 Å². The fraction of sp³-hybridized carbons (Fsp3) is 1.00. The van der Waals surface area contributed by atoms with Gasteiger partial charge in [0.15, 0.2) is 1.61 Å². The van der Waals surface area contributed by atoms with Gasteiger partial charge in [0.25, 0.3) is 0 Å². The van der Waals surface area contributed by atoms with Crippen molar-refractivity contribution in [3.8, 4) is 0 Å². The molecule has 0 aliphatic carbocycles. The summed E-state index contributed by atoms with van der Waals surface area (Å²) in [5.74, 6) is 0. The van der Waals surface area contributed by atoms with Crippen LogP contribution in [-0.4, -0.2) is 8.72 Å². The second-order valence-corrected chi connectivity index (χ2v) is 7.19. The largest absolute Gasteiger partial charge is 0.359 e. The molecular formula is C3H6I2O. The Kier molecular flexibility index (Phi) is 3.29. The first kappa shape index (κ1) is 7.42. The maximum Gasteiger partial charge on any atom is 0.166 e. The van der Waals surface area contributed by atoms with Crippen molar-refractivity contribution in [2.75, 3.05) is 7.11 Å². The molecule has 0 fully saturated rings. The van der Waals surface area contributed by atoms with Crippen LogP contribution in [0.25, 0.3) is 0 Å². The number of rotatable bonds is 1. The van der Waals surface area contributed by atoms with E-state index in [1.165, 1.54) is 0 Å². The lowest BCUT2D eigenvalue weighted by atomic mass is 10.9. The minimum Gasteiger partial charge on any atom is -0.359 e. The van der Waals surface area contributed by atoms with Crippen LogP contribution in [0.15, 0.2) is 0 Å². The summed E-state index contributed by atoms with van der Waals surface area (Å²) in [5.41, 5.74) is 0. The minimum atomic E-state index is -0.0183. The molecule has 0 spiro atoms. The van der Waals surface area contributed by atoms with Gasteiger partial charge in [0.1, 0.15) is 0 Å². The van der Waals surface area contributed by atoms with Crippen LogP contribution in [-0.2, 0) is 4.74 Å². The molecule has 3 heteroatoms. The van der Waals surface area contributed by atoms with Crippen LogP contribution < -0.4 is 0 Å². The summed E-state index contributed by atoms with van der Waals surface area (Å²) < 4.78 is 4.89. The maximum atomic E-state index is 4.91. The van der Waals surface area contributed by atoms with E-state index in [-0.39, 0.29) is 1.61 Å². The van der Waals surface area contributed by atoms with Crippen LogP contribution >= 0.6 is 45.2 Å². The first-order valence-corrected chi connectivity index (χ1v) is 3.65. The molecule has 0 aliphatic heterocycles. The normalized spacial score (nSPS) is 12.0. The number of methoxy groups -OCH3 is 1. The molecular weight excluding hydrogens is 306 g/mol. The Morgan fingerprint density at radius 2 is 1.67 bits per heavy atom. The highest BCUT2D eigenvalue weighted by Gasteiger charge is 2.09. The standard InChI is InChI=1S/C3H6I2O/c1-3(4,5)6-2/h1-2H3. The van der Waals surface area contributed by atoms with E-state index in [1.54, 1.807) is 7.11 Å². The molecule has 38 valence electrons. The van der Waals surface area contributed by atoms with E-state index in [0.717, 1.165) is 0 Å². The smallest absolute Gasteiger partial charge is 0.166 e. The Labute approximate surface area is 65.1 Å². The quantitative estimate of drug-likeness (QED) is 0.533. The molecule has 0 bridgehead atoms. The summed E-state index contributed by atoms with van der Waals surface area (Å²) in [4.78, 5) is 0. The monoisotopic (exact) mass is 312 g/mol. The predicted molar refractivity (Wildman–Crippen MR) is 43.5 cm³/mol. The summed E-state index contributed by atoms with van der Waals surface area (Å²) >= 11 is 4.41. The van der Waals surface area contributed by atoms with Crippen LogP contribution in [0.4, 0.5) is 0 Å². The summed E-state index contributed by atoms with van der Waals surface area (Å²) in [7, 11) is 1.69. The lowest BCUT2D eigenvalue weighted by molar-refractivity contribution is 0.188. The number of hydrogen-bond donors (Lipinski definition) is 0. The Morgan fingerprint density at radius 3 is 1.67 bits per heavy atom. The van der Waals surface area contributed by atoms with Gasteiger partial charge < -0.3 is 4.74 Å². The maximum absolute atomic E-state index is 4.91. The molecule has 0 aromatic rings. The van der Waals surface area contributed by atoms with Crippen molar-refractivity contribution in [3.05, 3.63) is 0 Å². The highest BCUT2D eigenvalue weighted by molar-refractivity contribution is 14.2. The van der Waals surface area contributed by atoms with Crippen molar-refractivity contribution in [2.45, 2.75) is 8.54 Å². The second-order valence-electron chi connectivity index (χ2n) is 1.01. The van der Waals surface area contributed by atoms with E-state index in [9.17, 15) is 0 Å². The average Bonchev–Trinajstić information content (AvgIpc) is 1.35. The molecule has 0 aliphatic rings. The molecule has 1 nitrogen and oxygen atoms in total. The van der Waals surface area contributed by atoms with Gasteiger partial charge in [-0.1, -0.05) is 0 Å². The first-order valence-electron chi connectivity index (χ1n) is 1.49. The third-order valence-electron chi connectivity index (χ3n) is 0.358. The Morgan fingerprint density at radius 1 is 1.50 bits per heavy atom. The van der Waals surface area contributed by atoms with Crippen LogP contribution in [0, 0.1) is 0 Å². The number of alkyl halides is 2. The number of hydrogen-bond acceptors (Lipinski definition) is 1. The molecule has 0 heterocycles. The van der Waals surface area contributed by atoms with Crippen LogP contribution in [0.5, 0.6) is 0 Å². The fourth-order valence-corrected chi connectivity index (χ4v) is 0. The van der Waals surface area contributed by atoms with Crippen molar-refractivity contribution in [1.82, 2.24) is 0 Å². The molecule has 0 rings (SSSR count). The van der Waals surface area contributed by atoms with E-state index in [0.29, 0.717) is 0 Å². The molecule has 0 unspecified atom stereocenters. The van der Waals surface area contributed by atoms with E-state index in [1.807, 2.05) is 6.92 Å². The molecule has 0 saturated heterocycles. The Balaban J connectivity index is 3.17. The molecule has 0 saturated carbocycles. The zero-order chi connectivity index (χ0) is 5.21. The lowest BCUT2D eigenvalue weighted by Crippen LogP contribution is -2.04.